The van der Waals surface area contributed by atoms with Crippen molar-refractivity contribution in [2.75, 3.05) is 17.9 Å². The number of fused-ring (bicyclic) bond motifs is 1. The predicted octanol–water partition coefficient (Wildman–Crippen LogP) is 2.38. The first-order valence-electron chi connectivity index (χ1n) is 7.50. The summed E-state index contributed by atoms with van der Waals surface area (Å²) in [5.74, 6) is 2.18. The van der Waals surface area contributed by atoms with Gasteiger partial charge < -0.3 is 23.8 Å². The van der Waals surface area contributed by atoms with Gasteiger partial charge in [0, 0.05) is 11.8 Å². The number of carbonyl (C=O) groups is 1. The fraction of sp³-hybridized carbons (Fsp3) is 0.188. The van der Waals surface area contributed by atoms with Gasteiger partial charge >= 0.3 is 0 Å². The Morgan fingerprint density at radius 2 is 2.20 bits per heavy atom. The van der Waals surface area contributed by atoms with Crippen molar-refractivity contribution < 1.29 is 18.7 Å². The van der Waals surface area contributed by atoms with E-state index in [-0.39, 0.29) is 18.5 Å². The van der Waals surface area contributed by atoms with Gasteiger partial charge in [-0.15, -0.1) is 10.2 Å². The summed E-state index contributed by atoms with van der Waals surface area (Å²) in [6.07, 6.45) is 3.23. The molecule has 25 heavy (non-hydrogen) atoms. The molecule has 0 spiro atoms. The van der Waals surface area contributed by atoms with Crippen LogP contribution in [0, 0.1) is 0 Å². The Bertz CT molecular complexity index is 878. The molecule has 0 saturated carbocycles. The van der Waals surface area contributed by atoms with Crippen molar-refractivity contribution in [1.29, 1.82) is 0 Å². The Hall–Kier alpha value is -2.94. The van der Waals surface area contributed by atoms with E-state index in [0.717, 1.165) is 5.76 Å². The normalized spacial score (nSPS) is 12.3. The van der Waals surface area contributed by atoms with Crippen LogP contribution in [0.2, 0.25) is 0 Å². The van der Waals surface area contributed by atoms with Crippen molar-refractivity contribution in [3.63, 3.8) is 0 Å². The van der Waals surface area contributed by atoms with Gasteiger partial charge in [0.2, 0.25) is 12.7 Å². The highest BCUT2D eigenvalue weighted by molar-refractivity contribution is 7.99. The third kappa shape index (κ3) is 3.61. The van der Waals surface area contributed by atoms with Crippen molar-refractivity contribution in [2.45, 2.75) is 11.7 Å². The number of hydrogen-bond acceptors (Lipinski definition) is 7. The average Bonchev–Trinajstić information content (AvgIpc) is 3.35. The number of amides is 1. The second-order valence-corrected chi connectivity index (χ2v) is 6.17. The fourth-order valence-corrected chi connectivity index (χ4v) is 3.05. The van der Waals surface area contributed by atoms with Crippen LogP contribution >= 0.6 is 11.8 Å². The summed E-state index contributed by atoms with van der Waals surface area (Å²) in [4.78, 5) is 12.2. The molecule has 1 aliphatic rings. The van der Waals surface area contributed by atoms with E-state index in [2.05, 4.69) is 15.5 Å². The van der Waals surface area contributed by atoms with E-state index in [4.69, 9.17) is 13.9 Å². The van der Waals surface area contributed by atoms with Gasteiger partial charge in [-0.2, -0.15) is 0 Å². The second-order valence-electron chi connectivity index (χ2n) is 5.23. The van der Waals surface area contributed by atoms with Crippen molar-refractivity contribution >= 4 is 23.4 Å². The molecule has 0 atom stereocenters. The van der Waals surface area contributed by atoms with E-state index in [0.29, 0.717) is 28.9 Å². The number of carbonyl (C=O) groups excluding carboxylic acids is 1. The van der Waals surface area contributed by atoms with Gasteiger partial charge in [0.25, 0.3) is 0 Å². The maximum absolute atomic E-state index is 12.2. The van der Waals surface area contributed by atoms with E-state index >= 15 is 0 Å². The van der Waals surface area contributed by atoms with Gasteiger partial charge in [-0.3, -0.25) is 4.79 Å². The van der Waals surface area contributed by atoms with E-state index in [1.165, 1.54) is 11.8 Å². The van der Waals surface area contributed by atoms with Crippen molar-refractivity contribution in [3.05, 3.63) is 48.7 Å². The Balaban J connectivity index is 1.34. The molecule has 0 bridgehead atoms. The SMILES string of the molecule is O=C(CSc1nncn1Cc1ccco1)Nc1ccc2c(c1)OCO2. The predicted molar refractivity (Wildman–Crippen MR) is 89.8 cm³/mol. The minimum absolute atomic E-state index is 0.142. The largest absolute Gasteiger partial charge is 0.467 e. The van der Waals surface area contributed by atoms with E-state index in [9.17, 15) is 4.79 Å². The summed E-state index contributed by atoms with van der Waals surface area (Å²) in [6, 6.07) is 8.98. The first kappa shape index (κ1) is 15.6. The number of benzene rings is 1. The molecular weight excluding hydrogens is 344 g/mol. The summed E-state index contributed by atoms with van der Waals surface area (Å²) in [5, 5.41) is 11.4. The van der Waals surface area contributed by atoms with Crippen LogP contribution in [0.4, 0.5) is 5.69 Å². The first-order chi connectivity index (χ1) is 12.3. The van der Waals surface area contributed by atoms with Crippen molar-refractivity contribution in [3.8, 4) is 11.5 Å². The number of hydrogen-bond donors (Lipinski definition) is 1. The van der Waals surface area contributed by atoms with E-state index in [1.54, 1.807) is 30.8 Å². The monoisotopic (exact) mass is 358 g/mol. The Morgan fingerprint density at radius 3 is 3.08 bits per heavy atom. The van der Waals surface area contributed by atoms with Gasteiger partial charge in [-0.1, -0.05) is 11.8 Å². The molecule has 3 aromatic rings. The number of anilines is 1. The molecule has 2 aromatic heterocycles. The first-order valence-corrected chi connectivity index (χ1v) is 8.49. The van der Waals surface area contributed by atoms with Crippen LogP contribution in [0.25, 0.3) is 0 Å². The van der Waals surface area contributed by atoms with Crippen LogP contribution in [0.3, 0.4) is 0 Å². The van der Waals surface area contributed by atoms with Crippen LogP contribution in [-0.4, -0.2) is 33.2 Å². The second kappa shape index (κ2) is 6.89. The summed E-state index contributed by atoms with van der Waals surface area (Å²) >= 11 is 1.31. The van der Waals surface area contributed by atoms with Crippen LogP contribution in [-0.2, 0) is 11.3 Å². The summed E-state index contributed by atoms with van der Waals surface area (Å²) in [5.41, 5.74) is 0.659. The molecule has 0 fully saturated rings. The molecule has 0 unspecified atom stereocenters. The molecule has 0 radical (unpaired) electrons. The highest BCUT2D eigenvalue weighted by atomic mass is 32.2. The number of nitrogens with zero attached hydrogens (tertiary/aromatic N) is 3. The zero-order valence-electron chi connectivity index (χ0n) is 13.0. The molecule has 1 N–H and O–H groups in total. The Morgan fingerprint density at radius 1 is 1.28 bits per heavy atom. The van der Waals surface area contributed by atoms with Gasteiger partial charge in [-0.05, 0) is 24.3 Å². The summed E-state index contributed by atoms with van der Waals surface area (Å²) < 4.78 is 17.7. The number of ether oxygens (including phenoxy) is 2. The number of thioether (sulfide) groups is 1. The number of nitrogens with one attached hydrogen (secondary N) is 1. The maximum Gasteiger partial charge on any atom is 0.234 e. The van der Waals surface area contributed by atoms with Crippen LogP contribution in [0.1, 0.15) is 5.76 Å². The lowest BCUT2D eigenvalue weighted by Crippen LogP contribution is -2.14. The highest BCUT2D eigenvalue weighted by Gasteiger charge is 2.15. The minimum atomic E-state index is -0.142. The smallest absolute Gasteiger partial charge is 0.234 e. The minimum Gasteiger partial charge on any atom is -0.467 e. The molecule has 0 aliphatic carbocycles. The molecular formula is C16H14N4O4S. The summed E-state index contributed by atoms with van der Waals surface area (Å²) in [6.45, 7) is 0.722. The Kier molecular flexibility index (Phi) is 4.30. The quantitative estimate of drug-likeness (QED) is 0.676. The topological polar surface area (TPSA) is 91.4 Å². The standard InChI is InChI=1S/C16H14N4O4S/c21-15(18-11-3-4-13-14(6-11)24-10-23-13)8-25-16-19-17-9-20(16)7-12-2-1-5-22-12/h1-6,9H,7-8,10H2,(H,18,21). The molecule has 128 valence electrons. The third-order valence-electron chi connectivity index (χ3n) is 3.47. The highest BCUT2D eigenvalue weighted by Crippen LogP contribution is 2.34. The number of aromatic nitrogens is 3. The van der Waals surface area contributed by atoms with Crippen LogP contribution < -0.4 is 14.8 Å². The number of furan rings is 1. The summed E-state index contributed by atoms with van der Waals surface area (Å²) in [7, 11) is 0. The van der Waals surface area contributed by atoms with Crippen molar-refractivity contribution in [2.24, 2.45) is 0 Å². The molecule has 8 nitrogen and oxygen atoms in total. The zero-order valence-corrected chi connectivity index (χ0v) is 13.9. The number of rotatable bonds is 6. The fourth-order valence-electron chi connectivity index (χ4n) is 2.34. The Labute approximate surface area is 147 Å². The van der Waals surface area contributed by atoms with Crippen LogP contribution in [0.15, 0.2) is 52.5 Å². The maximum atomic E-state index is 12.2. The van der Waals surface area contributed by atoms with Gasteiger partial charge in [0.15, 0.2) is 16.7 Å². The molecule has 4 rings (SSSR count). The lowest BCUT2D eigenvalue weighted by atomic mass is 10.3. The van der Waals surface area contributed by atoms with Crippen LogP contribution in [0.5, 0.6) is 11.5 Å². The van der Waals surface area contributed by atoms with Gasteiger partial charge in [0.1, 0.15) is 12.1 Å². The molecule has 9 heteroatoms. The third-order valence-corrected chi connectivity index (χ3v) is 4.46. The molecule has 3 heterocycles. The van der Waals surface area contributed by atoms with Gasteiger partial charge in [-0.25, -0.2) is 0 Å². The van der Waals surface area contributed by atoms with E-state index in [1.807, 2.05) is 16.7 Å². The zero-order chi connectivity index (χ0) is 17.1. The molecule has 0 saturated heterocycles. The molecule has 1 aliphatic heterocycles. The lowest BCUT2D eigenvalue weighted by Gasteiger charge is -2.07. The van der Waals surface area contributed by atoms with Crippen molar-refractivity contribution in [1.82, 2.24) is 14.8 Å². The lowest BCUT2D eigenvalue weighted by molar-refractivity contribution is -0.113. The molecule has 1 aromatic carbocycles. The molecule has 1 amide bonds. The average molecular weight is 358 g/mol. The van der Waals surface area contributed by atoms with E-state index < -0.39 is 0 Å². The van der Waals surface area contributed by atoms with Gasteiger partial charge in [0.05, 0.1) is 18.6 Å².